The Morgan fingerprint density at radius 3 is 2.53 bits per heavy atom. The van der Waals surface area contributed by atoms with Crippen LogP contribution in [0.5, 0.6) is 0 Å². The summed E-state index contributed by atoms with van der Waals surface area (Å²) in [6.07, 6.45) is 1.51. The van der Waals surface area contributed by atoms with Crippen molar-refractivity contribution in [2.75, 3.05) is 0 Å². The highest BCUT2D eigenvalue weighted by molar-refractivity contribution is 14.1. The minimum Gasteiger partial charge on any atom is -0.457 e. The van der Waals surface area contributed by atoms with Gasteiger partial charge in [0.05, 0.1) is 16.4 Å². The average Bonchev–Trinajstić information content (AvgIpc) is 3.29. The number of nitrogens with zero attached hydrogens (tertiary/aromatic N) is 2. The fourth-order valence-corrected chi connectivity index (χ4v) is 4.14. The van der Waals surface area contributed by atoms with Crippen LogP contribution in [0, 0.1) is 13.7 Å². The Balaban J connectivity index is 1.55. The van der Waals surface area contributed by atoms with E-state index in [-0.39, 0.29) is 17.1 Å². The van der Waals surface area contributed by atoms with Crippen LogP contribution in [0.1, 0.15) is 11.3 Å². The van der Waals surface area contributed by atoms with Gasteiger partial charge in [-0.1, -0.05) is 30.3 Å². The SMILES string of the molecule is O=C1S/C(=C\c2ccc(-c3ccc(I)cc3)o2)C(=O)N1Cc1ccccc1[N+](=O)[O-]. The van der Waals surface area contributed by atoms with E-state index in [4.69, 9.17) is 4.42 Å². The van der Waals surface area contributed by atoms with Gasteiger partial charge in [-0.15, -0.1) is 0 Å². The fourth-order valence-electron chi connectivity index (χ4n) is 2.96. The maximum Gasteiger partial charge on any atom is 0.293 e. The molecule has 0 bridgehead atoms. The fraction of sp³-hybridized carbons (Fsp3) is 0.0476. The Hall–Kier alpha value is -2.92. The zero-order chi connectivity index (χ0) is 21.3. The Morgan fingerprint density at radius 1 is 1.07 bits per heavy atom. The van der Waals surface area contributed by atoms with Gasteiger partial charge in [0.15, 0.2) is 0 Å². The van der Waals surface area contributed by atoms with Crippen molar-refractivity contribution in [1.29, 1.82) is 0 Å². The van der Waals surface area contributed by atoms with Gasteiger partial charge in [-0.2, -0.15) is 0 Å². The topological polar surface area (TPSA) is 93.7 Å². The number of imide groups is 1. The molecule has 0 unspecified atom stereocenters. The summed E-state index contributed by atoms with van der Waals surface area (Å²) in [6.45, 7) is -0.161. The second-order valence-electron chi connectivity index (χ2n) is 6.36. The predicted molar refractivity (Wildman–Crippen MR) is 121 cm³/mol. The van der Waals surface area contributed by atoms with E-state index in [0.29, 0.717) is 17.1 Å². The van der Waals surface area contributed by atoms with E-state index in [1.165, 1.54) is 24.3 Å². The Kier molecular flexibility index (Phi) is 5.73. The molecule has 0 atom stereocenters. The summed E-state index contributed by atoms with van der Waals surface area (Å²) < 4.78 is 6.90. The third-order valence-electron chi connectivity index (χ3n) is 4.42. The van der Waals surface area contributed by atoms with Crippen LogP contribution in [0.25, 0.3) is 17.4 Å². The second kappa shape index (κ2) is 8.44. The molecule has 0 spiro atoms. The molecule has 150 valence electrons. The molecule has 1 aliphatic heterocycles. The van der Waals surface area contributed by atoms with Crippen LogP contribution in [-0.4, -0.2) is 21.0 Å². The molecule has 0 saturated carbocycles. The van der Waals surface area contributed by atoms with Crippen LogP contribution in [-0.2, 0) is 11.3 Å². The minimum absolute atomic E-state index is 0.131. The van der Waals surface area contributed by atoms with Crippen LogP contribution < -0.4 is 0 Å². The molecule has 30 heavy (non-hydrogen) atoms. The summed E-state index contributed by atoms with van der Waals surface area (Å²) in [4.78, 5) is 37.0. The van der Waals surface area contributed by atoms with Gasteiger partial charge >= 0.3 is 0 Å². The zero-order valence-electron chi connectivity index (χ0n) is 15.3. The van der Waals surface area contributed by atoms with Gasteiger partial charge in [-0.3, -0.25) is 24.6 Å². The first-order chi connectivity index (χ1) is 14.4. The highest BCUT2D eigenvalue weighted by Crippen LogP contribution is 2.35. The molecule has 3 aromatic rings. The lowest BCUT2D eigenvalue weighted by molar-refractivity contribution is -0.385. The van der Waals surface area contributed by atoms with Crippen LogP contribution in [0.4, 0.5) is 10.5 Å². The Morgan fingerprint density at radius 2 is 1.80 bits per heavy atom. The normalized spacial score (nSPS) is 15.2. The number of halogens is 1. The standard InChI is InChI=1S/C21H13IN2O5S/c22-15-7-5-13(6-8-15)18-10-9-16(29-18)11-19-20(25)23(21(26)30-19)12-14-3-1-2-4-17(14)24(27)28/h1-11H,12H2/b19-11-. The first-order valence-electron chi connectivity index (χ1n) is 8.76. The largest absolute Gasteiger partial charge is 0.457 e. The van der Waals surface area contributed by atoms with E-state index in [1.807, 2.05) is 24.3 Å². The molecule has 1 aliphatic rings. The highest BCUT2D eigenvalue weighted by atomic mass is 127. The van der Waals surface area contributed by atoms with E-state index < -0.39 is 16.1 Å². The van der Waals surface area contributed by atoms with Crippen molar-refractivity contribution >= 4 is 57.3 Å². The molecule has 4 rings (SSSR count). The van der Waals surface area contributed by atoms with E-state index in [0.717, 1.165) is 25.8 Å². The summed E-state index contributed by atoms with van der Waals surface area (Å²) in [5.74, 6) is 0.590. The van der Waals surface area contributed by atoms with Crippen molar-refractivity contribution in [3.05, 3.63) is 90.6 Å². The van der Waals surface area contributed by atoms with E-state index in [1.54, 1.807) is 18.2 Å². The number of amides is 2. The molecule has 2 heterocycles. The van der Waals surface area contributed by atoms with Crippen LogP contribution >= 0.6 is 34.4 Å². The lowest BCUT2D eigenvalue weighted by atomic mass is 10.1. The van der Waals surface area contributed by atoms with Gasteiger partial charge in [-0.05, 0) is 58.6 Å². The summed E-state index contributed by atoms with van der Waals surface area (Å²) in [5, 5.41) is 10.7. The molecule has 1 aromatic heterocycles. The Bertz CT molecular complexity index is 1190. The Labute approximate surface area is 189 Å². The number of hydrogen-bond donors (Lipinski definition) is 0. The third-order valence-corrected chi connectivity index (χ3v) is 6.05. The summed E-state index contributed by atoms with van der Waals surface area (Å²) in [7, 11) is 0. The van der Waals surface area contributed by atoms with Crippen molar-refractivity contribution in [1.82, 2.24) is 4.90 Å². The van der Waals surface area contributed by atoms with Gasteiger partial charge in [0, 0.05) is 26.8 Å². The van der Waals surface area contributed by atoms with Crippen LogP contribution in [0.15, 0.2) is 70.0 Å². The number of para-hydroxylation sites is 1. The number of nitro groups is 1. The van der Waals surface area contributed by atoms with Crippen molar-refractivity contribution in [2.24, 2.45) is 0 Å². The molecule has 2 amide bonds. The van der Waals surface area contributed by atoms with Gasteiger partial charge in [0.25, 0.3) is 16.8 Å². The third kappa shape index (κ3) is 4.17. The van der Waals surface area contributed by atoms with Gasteiger partial charge in [0.1, 0.15) is 11.5 Å². The van der Waals surface area contributed by atoms with Gasteiger partial charge < -0.3 is 4.42 Å². The molecule has 1 saturated heterocycles. The number of rotatable bonds is 5. The van der Waals surface area contributed by atoms with E-state index in [2.05, 4.69) is 22.6 Å². The van der Waals surface area contributed by atoms with E-state index >= 15 is 0 Å². The van der Waals surface area contributed by atoms with Crippen molar-refractivity contribution in [3.8, 4) is 11.3 Å². The molecular weight excluding hydrogens is 519 g/mol. The number of benzene rings is 2. The molecule has 0 aliphatic carbocycles. The molecular formula is C21H13IN2O5S. The number of carbonyl (C=O) groups is 2. The molecule has 2 aromatic carbocycles. The number of thioether (sulfide) groups is 1. The summed E-state index contributed by atoms with van der Waals surface area (Å²) in [6, 6.07) is 17.4. The quantitative estimate of drug-likeness (QED) is 0.181. The predicted octanol–water partition coefficient (Wildman–Crippen LogP) is 5.70. The maximum atomic E-state index is 12.7. The number of hydrogen-bond acceptors (Lipinski definition) is 6. The average molecular weight is 532 g/mol. The summed E-state index contributed by atoms with van der Waals surface area (Å²) >= 11 is 3.00. The zero-order valence-corrected chi connectivity index (χ0v) is 18.3. The first-order valence-corrected chi connectivity index (χ1v) is 10.7. The molecule has 0 radical (unpaired) electrons. The molecule has 0 N–H and O–H groups in total. The highest BCUT2D eigenvalue weighted by Gasteiger charge is 2.36. The van der Waals surface area contributed by atoms with Crippen LogP contribution in [0.2, 0.25) is 0 Å². The number of furan rings is 1. The van der Waals surface area contributed by atoms with Gasteiger partial charge in [-0.25, -0.2) is 0 Å². The maximum absolute atomic E-state index is 12.7. The molecule has 1 fully saturated rings. The van der Waals surface area contributed by atoms with Crippen molar-refractivity contribution in [2.45, 2.75) is 6.54 Å². The lowest BCUT2D eigenvalue weighted by Gasteiger charge is -2.12. The lowest BCUT2D eigenvalue weighted by Crippen LogP contribution is -2.27. The second-order valence-corrected chi connectivity index (χ2v) is 8.60. The van der Waals surface area contributed by atoms with Crippen LogP contribution in [0.3, 0.4) is 0 Å². The number of carbonyl (C=O) groups excluding carboxylic acids is 2. The smallest absolute Gasteiger partial charge is 0.293 e. The van der Waals surface area contributed by atoms with Gasteiger partial charge in [0.2, 0.25) is 0 Å². The monoisotopic (exact) mass is 532 g/mol. The van der Waals surface area contributed by atoms with Crippen molar-refractivity contribution in [3.63, 3.8) is 0 Å². The molecule has 9 heteroatoms. The molecule has 7 nitrogen and oxygen atoms in total. The number of nitro benzene ring substituents is 1. The van der Waals surface area contributed by atoms with Crippen molar-refractivity contribution < 1.29 is 18.9 Å². The van der Waals surface area contributed by atoms with E-state index in [9.17, 15) is 19.7 Å². The summed E-state index contributed by atoms with van der Waals surface area (Å²) in [5.41, 5.74) is 1.07. The first kappa shape index (κ1) is 20.4. The minimum atomic E-state index is -0.529.